The number of hydrogen-bond donors (Lipinski definition) is 3. The van der Waals surface area contributed by atoms with Gasteiger partial charge in [0.1, 0.15) is 23.4 Å². The fourth-order valence-corrected chi connectivity index (χ4v) is 4.10. The average Bonchev–Trinajstić information content (AvgIpc) is 2.80. The van der Waals surface area contributed by atoms with Crippen molar-refractivity contribution < 1.29 is 24.2 Å². The lowest BCUT2D eigenvalue weighted by Crippen LogP contribution is -2.57. The lowest BCUT2D eigenvalue weighted by molar-refractivity contribution is -0.145. The van der Waals surface area contributed by atoms with Gasteiger partial charge in [-0.3, -0.25) is 9.59 Å². The molecule has 2 aromatic carbocycles. The van der Waals surface area contributed by atoms with Crippen LogP contribution in [0.5, 0.6) is 5.75 Å². The van der Waals surface area contributed by atoms with Crippen LogP contribution in [0.3, 0.4) is 0 Å². The van der Waals surface area contributed by atoms with Gasteiger partial charge in [-0.1, -0.05) is 36.3 Å². The molecule has 0 bridgehead atoms. The monoisotopic (exact) mass is 535 g/mol. The first-order valence-electron chi connectivity index (χ1n) is 13.0. The number of carbonyl (C=O) groups excluding carboxylic acids is 3. The summed E-state index contributed by atoms with van der Waals surface area (Å²) in [5.41, 5.74) is 0.330. The number of rotatable bonds is 8. The minimum atomic E-state index is -1.07. The molecule has 0 spiro atoms. The Bertz CT molecular complexity index is 1200. The number of carbonyl (C=O) groups is 3. The number of phenolic OH excluding ortho intramolecular Hbond substituents is 1. The molecule has 2 aromatic rings. The number of phenols is 1. The van der Waals surface area contributed by atoms with E-state index in [1.807, 2.05) is 20.8 Å². The molecule has 0 aliphatic rings. The van der Waals surface area contributed by atoms with E-state index < -0.39 is 47.2 Å². The summed E-state index contributed by atoms with van der Waals surface area (Å²) >= 11 is 0. The molecule has 3 amide bonds. The zero-order chi connectivity index (χ0) is 29.5. The number of nitrogens with zero attached hydrogens (tertiary/aromatic N) is 1. The number of aromatic hydroxyl groups is 1. The van der Waals surface area contributed by atoms with Gasteiger partial charge in [0.05, 0.1) is 0 Å². The zero-order valence-electron chi connectivity index (χ0n) is 24.2. The van der Waals surface area contributed by atoms with Crippen molar-refractivity contribution in [2.45, 2.75) is 91.1 Å². The summed E-state index contributed by atoms with van der Waals surface area (Å²) in [5.74, 6) is 1.83. The zero-order valence-corrected chi connectivity index (χ0v) is 24.2. The van der Waals surface area contributed by atoms with Crippen LogP contribution in [0.2, 0.25) is 0 Å². The Balaban J connectivity index is 2.62. The largest absolute Gasteiger partial charge is 0.508 e. The summed E-state index contributed by atoms with van der Waals surface area (Å²) in [4.78, 5) is 42.4. The normalized spacial score (nSPS) is 13.1. The molecule has 8 nitrogen and oxygen atoms in total. The molecule has 3 N–H and O–H groups in total. The van der Waals surface area contributed by atoms with Crippen molar-refractivity contribution in [2.75, 3.05) is 0 Å². The summed E-state index contributed by atoms with van der Waals surface area (Å²) < 4.78 is 5.44. The number of hydrogen-bond acceptors (Lipinski definition) is 5. The summed E-state index contributed by atoms with van der Waals surface area (Å²) in [6.07, 6.45) is 5.13. The quantitative estimate of drug-likeness (QED) is 0.425. The van der Waals surface area contributed by atoms with Gasteiger partial charge >= 0.3 is 6.09 Å². The van der Waals surface area contributed by atoms with E-state index in [9.17, 15) is 19.5 Å². The number of terminal acetylenes is 1. The van der Waals surface area contributed by atoms with Crippen LogP contribution in [0.1, 0.15) is 78.1 Å². The molecule has 2 unspecified atom stereocenters. The van der Waals surface area contributed by atoms with Crippen LogP contribution in [0.4, 0.5) is 4.79 Å². The number of alkyl carbamates (subject to hydrolysis) is 1. The second-order valence-electron chi connectivity index (χ2n) is 11.8. The molecule has 2 rings (SSSR count). The maximum atomic E-state index is 14.3. The number of benzene rings is 2. The lowest BCUT2D eigenvalue weighted by atomic mass is 9.94. The maximum absolute atomic E-state index is 14.3. The van der Waals surface area contributed by atoms with Gasteiger partial charge in [0, 0.05) is 23.6 Å². The smallest absolute Gasteiger partial charge is 0.408 e. The highest BCUT2D eigenvalue weighted by atomic mass is 16.6. The lowest BCUT2D eigenvalue weighted by Gasteiger charge is -2.38. The average molecular weight is 536 g/mol. The minimum Gasteiger partial charge on any atom is -0.508 e. The van der Waals surface area contributed by atoms with E-state index in [1.165, 1.54) is 17.0 Å². The van der Waals surface area contributed by atoms with E-state index in [-0.39, 0.29) is 12.2 Å². The standard InChI is InChI=1S/C31H41N3O5/c1-10-22-13-11-12-14-24(22)26(27(36)33-30(4,5)6)34(20(2)3)28(37)25(32-29(38)39-31(7,8)9)19-21-15-17-23(35)18-16-21/h1,11-18,20,25-26,35H,19H2,2-9H3,(H,32,38)(H,33,36). The van der Waals surface area contributed by atoms with Crippen LogP contribution in [0.25, 0.3) is 0 Å². The van der Waals surface area contributed by atoms with Crippen LogP contribution in [-0.2, 0) is 20.7 Å². The van der Waals surface area contributed by atoms with Crippen molar-refractivity contribution in [2.24, 2.45) is 0 Å². The summed E-state index contributed by atoms with van der Waals surface area (Å²) in [6, 6.07) is 10.8. The Hall–Kier alpha value is -3.99. The summed E-state index contributed by atoms with van der Waals surface area (Å²) in [5, 5.41) is 15.4. The predicted octanol–water partition coefficient (Wildman–Crippen LogP) is 4.70. The predicted molar refractivity (Wildman–Crippen MR) is 152 cm³/mol. The fraction of sp³-hybridized carbons (Fsp3) is 0.452. The van der Waals surface area contributed by atoms with Crippen LogP contribution in [0.15, 0.2) is 48.5 Å². The first kappa shape index (κ1) is 31.2. The molecule has 0 fully saturated rings. The Kier molecular flexibility index (Phi) is 10.2. The van der Waals surface area contributed by atoms with Crippen LogP contribution < -0.4 is 10.6 Å². The van der Waals surface area contributed by atoms with Crippen molar-refractivity contribution in [3.63, 3.8) is 0 Å². The van der Waals surface area contributed by atoms with Gasteiger partial charge in [-0.15, -0.1) is 6.42 Å². The molecule has 0 radical (unpaired) electrons. The van der Waals surface area contributed by atoms with E-state index in [2.05, 4.69) is 16.6 Å². The highest BCUT2D eigenvalue weighted by Gasteiger charge is 2.39. The highest BCUT2D eigenvalue weighted by molar-refractivity contribution is 5.93. The third-order valence-corrected chi connectivity index (χ3v) is 5.61. The van der Waals surface area contributed by atoms with Crippen molar-refractivity contribution >= 4 is 17.9 Å². The Morgan fingerprint density at radius 3 is 2.10 bits per heavy atom. The van der Waals surface area contributed by atoms with Crippen molar-refractivity contribution in [1.82, 2.24) is 15.5 Å². The van der Waals surface area contributed by atoms with Gasteiger partial charge < -0.3 is 25.4 Å². The van der Waals surface area contributed by atoms with Gasteiger partial charge in [0.15, 0.2) is 0 Å². The van der Waals surface area contributed by atoms with Crippen LogP contribution in [-0.4, -0.2) is 51.1 Å². The van der Waals surface area contributed by atoms with Crippen LogP contribution >= 0.6 is 0 Å². The molecule has 0 aliphatic carbocycles. The van der Waals surface area contributed by atoms with Crippen molar-refractivity contribution in [3.8, 4) is 18.1 Å². The van der Waals surface area contributed by atoms with Crippen LogP contribution in [0, 0.1) is 12.3 Å². The molecular weight excluding hydrogens is 494 g/mol. The molecule has 210 valence electrons. The van der Waals surface area contributed by atoms with E-state index in [0.29, 0.717) is 16.7 Å². The fourth-order valence-electron chi connectivity index (χ4n) is 4.10. The highest BCUT2D eigenvalue weighted by Crippen LogP contribution is 2.29. The number of amides is 3. The first-order chi connectivity index (χ1) is 18.0. The minimum absolute atomic E-state index is 0.0790. The molecular formula is C31H41N3O5. The third-order valence-electron chi connectivity index (χ3n) is 5.61. The Morgan fingerprint density at radius 2 is 1.59 bits per heavy atom. The molecule has 0 aliphatic heterocycles. The Morgan fingerprint density at radius 1 is 1.00 bits per heavy atom. The summed E-state index contributed by atoms with van der Waals surface area (Å²) in [6.45, 7) is 14.4. The van der Waals surface area contributed by atoms with Crippen molar-refractivity contribution in [1.29, 1.82) is 0 Å². The number of nitrogens with one attached hydrogen (secondary N) is 2. The molecule has 0 heterocycles. The molecule has 2 atom stereocenters. The number of ether oxygens (including phenoxy) is 1. The Labute approximate surface area is 232 Å². The van der Waals surface area contributed by atoms with E-state index >= 15 is 0 Å². The SMILES string of the molecule is C#Cc1ccccc1C(C(=O)NC(C)(C)C)N(C(=O)C(Cc1ccc(O)cc1)NC(=O)OC(C)(C)C)C(C)C. The van der Waals surface area contributed by atoms with Gasteiger partial charge in [0.2, 0.25) is 11.8 Å². The van der Waals surface area contributed by atoms with Gasteiger partial charge in [-0.2, -0.15) is 0 Å². The molecule has 39 heavy (non-hydrogen) atoms. The third kappa shape index (κ3) is 9.36. The van der Waals surface area contributed by atoms with Gasteiger partial charge in [-0.25, -0.2) is 4.79 Å². The summed E-state index contributed by atoms with van der Waals surface area (Å²) in [7, 11) is 0. The van der Waals surface area contributed by atoms with Gasteiger partial charge in [-0.05, 0) is 84.7 Å². The second-order valence-corrected chi connectivity index (χ2v) is 11.8. The molecule has 0 saturated heterocycles. The van der Waals surface area contributed by atoms with E-state index in [1.54, 1.807) is 71.0 Å². The van der Waals surface area contributed by atoms with Crippen molar-refractivity contribution in [3.05, 3.63) is 65.2 Å². The molecule has 8 heteroatoms. The van der Waals surface area contributed by atoms with E-state index in [4.69, 9.17) is 11.2 Å². The van der Waals surface area contributed by atoms with E-state index in [0.717, 1.165) is 0 Å². The molecule has 0 saturated carbocycles. The topological polar surface area (TPSA) is 108 Å². The maximum Gasteiger partial charge on any atom is 0.408 e. The molecule has 0 aromatic heterocycles. The first-order valence-corrected chi connectivity index (χ1v) is 13.0. The second kappa shape index (κ2) is 12.7. The van der Waals surface area contributed by atoms with Gasteiger partial charge in [0.25, 0.3) is 0 Å².